The fourth-order valence-corrected chi connectivity index (χ4v) is 5.34. The fraction of sp³-hybridized carbons (Fsp3) is 0.480. The molecule has 154 valence electrons. The predicted molar refractivity (Wildman–Crippen MR) is 114 cm³/mol. The topological polar surface area (TPSA) is 47.6 Å². The minimum absolute atomic E-state index is 0.110. The highest BCUT2D eigenvalue weighted by Crippen LogP contribution is 2.61. The smallest absolute Gasteiger partial charge is 0.259 e. The number of carbonyl (C=O) groups is 1. The van der Waals surface area contributed by atoms with Crippen LogP contribution in [0.2, 0.25) is 0 Å². The molecule has 5 rings (SSSR count). The van der Waals surface area contributed by atoms with Crippen molar-refractivity contribution in [3.05, 3.63) is 59.7 Å². The molecule has 3 aliphatic rings. The van der Waals surface area contributed by atoms with Crippen LogP contribution < -0.4 is 14.8 Å². The summed E-state index contributed by atoms with van der Waals surface area (Å²) in [5.41, 5.74) is 1.94. The quantitative estimate of drug-likeness (QED) is 0.745. The van der Waals surface area contributed by atoms with Gasteiger partial charge in [0, 0.05) is 6.04 Å². The number of rotatable bonds is 6. The highest BCUT2D eigenvalue weighted by atomic mass is 16.5. The van der Waals surface area contributed by atoms with Gasteiger partial charge in [-0.05, 0) is 53.7 Å². The first kappa shape index (κ1) is 19.8. The van der Waals surface area contributed by atoms with Crippen molar-refractivity contribution in [2.45, 2.75) is 46.3 Å². The van der Waals surface area contributed by atoms with Crippen LogP contribution >= 0.6 is 0 Å². The summed E-state index contributed by atoms with van der Waals surface area (Å²) in [6.45, 7) is 7.43. The maximum atomic E-state index is 13.3. The van der Waals surface area contributed by atoms with Crippen molar-refractivity contribution in [3.63, 3.8) is 0 Å². The van der Waals surface area contributed by atoms with Gasteiger partial charge in [0.2, 0.25) is 0 Å². The van der Waals surface area contributed by atoms with Crippen molar-refractivity contribution in [2.75, 3.05) is 7.11 Å². The fourth-order valence-electron chi connectivity index (χ4n) is 5.34. The first-order valence-electron chi connectivity index (χ1n) is 10.6. The van der Waals surface area contributed by atoms with Gasteiger partial charge in [-0.15, -0.1) is 0 Å². The Morgan fingerprint density at radius 3 is 2.45 bits per heavy atom. The lowest BCUT2D eigenvalue weighted by atomic mass is 9.45. The summed E-state index contributed by atoms with van der Waals surface area (Å²) in [5, 5.41) is 3.30. The van der Waals surface area contributed by atoms with Gasteiger partial charge in [0.25, 0.3) is 5.91 Å². The second kappa shape index (κ2) is 7.74. The van der Waals surface area contributed by atoms with Crippen molar-refractivity contribution in [3.8, 4) is 11.5 Å². The van der Waals surface area contributed by atoms with E-state index in [-0.39, 0.29) is 11.9 Å². The van der Waals surface area contributed by atoms with Crippen molar-refractivity contribution in [1.82, 2.24) is 5.32 Å². The molecule has 2 aromatic carbocycles. The molecule has 0 saturated heterocycles. The summed E-state index contributed by atoms with van der Waals surface area (Å²) in [6.07, 6.45) is 2.34. The van der Waals surface area contributed by atoms with E-state index >= 15 is 0 Å². The van der Waals surface area contributed by atoms with E-state index in [0.717, 1.165) is 12.0 Å². The van der Waals surface area contributed by atoms with Crippen molar-refractivity contribution in [1.29, 1.82) is 0 Å². The molecule has 0 radical (unpaired) electrons. The van der Waals surface area contributed by atoms with Crippen LogP contribution in [0.5, 0.6) is 11.5 Å². The molecule has 0 spiro atoms. The lowest BCUT2D eigenvalue weighted by Gasteiger charge is -2.62. The SMILES string of the molecule is COc1cccc(OCc2ccccc2)c1C(=O)N[C@@H]1C[C@@H]2C[C@H]([C@H]1C)C2(C)C. The van der Waals surface area contributed by atoms with Gasteiger partial charge in [0.1, 0.15) is 23.7 Å². The summed E-state index contributed by atoms with van der Waals surface area (Å²) >= 11 is 0. The van der Waals surface area contributed by atoms with Gasteiger partial charge in [-0.25, -0.2) is 0 Å². The van der Waals surface area contributed by atoms with Gasteiger partial charge in [-0.2, -0.15) is 0 Å². The van der Waals surface area contributed by atoms with E-state index in [1.807, 2.05) is 48.5 Å². The molecule has 0 aliphatic heterocycles. The number of nitrogens with one attached hydrogen (secondary N) is 1. The summed E-state index contributed by atoms with van der Waals surface area (Å²) in [7, 11) is 1.59. The van der Waals surface area contributed by atoms with E-state index in [0.29, 0.717) is 46.8 Å². The highest BCUT2D eigenvalue weighted by Gasteiger charge is 2.56. The molecule has 3 aliphatic carbocycles. The largest absolute Gasteiger partial charge is 0.496 e. The number of fused-ring (bicyclic) bond motifs is 2. The Bertz CT molecular complexity index is 877. The normalized spacial score (nSPS) is 26.9. The van der Waals surface area contributed by atoms with E-state index in [4.69, 9.17) is 9.47 Å². The molecule has 29 heavy (non-hydrogen) atoms. The summed E-state index contributed by atoms with van der Waals surface area (Å²) in [6, 6.07) is 15.7. The average molecular weight is 394 g/mol. The Morgan fingerprint density at radius 2 is 1.79 bits per heavy atom. The standard InChI is InChI=1S/C25H31NO3/c1-16-19-13-18(25(19,2)3)14-20(16)26-24(27)23-21(28-4)11-8-12-22(23)29-15-17-9-6-5-7-10-17/h5-12,16,18-20H,13-15H2,1-4H3,(H,26,27)/t16-,18+,19-,20-/m1/s1. The molecule has 3 saturated carbocycles. The third kappa shape index (κ3) is 3.61. The molecule has 0 aromatic heterocycles. The predicted octanol–water partition coefficient (Wildman–Crippen LogP) is 5.07. The molecule has 1 N–H and O–H groups in total. The third-order valence-corrected chi connectivity index (χ3v) is 7.34. The Balaban J connectivity index is 1.51. The number of hydrogen-bond acceptors (Lipinski definition) is 3. The van der Waals surface area contributed by atoms with Crippen molar-refractivity contribution < 1.29 is 14.3 Å². The second-order valence-electron chi connectivity index (χ2n) is 9.14. The monoisotopic (exact) mass is 393 g/mol. The first-order chi connectivity index (χ1) is 13.9. The highest BCUT2D eigenvalue weighted by molar-refractivity contribution is 6.00. The summed E-state index contributed by atoms with van der Waals surface area (Å²) in [5.74, 6) is 2.84. The van der Waals surface area contributed by atoms with Gasteiger partial charge in [-0.1, -0.05) is 57.2 Å². The minimum Gasteiger partial charge on any atom is -0.496 e. The lowest BCUT2D eigenvalue weighted by Crippen LogP contribution is -2.60. The second-order valence-corrected chi connectivity index (χ2v) is 9.14. The van der Waals surface area contributed by atoms with Gasteiger partial charge < -0.3 is 14.8 Å². The minimum atomic E-state index is -0.110. The van der Waals surface area contributed by atoms with Crippen molar-refractivity contribution in [2.24, 2.45) is 23.2 Å². The molecule has 2 bridgehead atoms. The van der Waals surface area contributed by atoms with Gasteiger partial charge in [0.05, 0.1) is 7.11 Å². The van der Waals surface area contributed by atoms with Crippen LogP contribution in [0.4, 0.5) is 0 Å². The van der Waals surface area contributed by atoms with Crippen LogP contribution in [0.15, 0.2) is 48.5 Å². The molecule has 3 fully saturated rings. The van der Waals surface area contributed by atoms with E-state index in [1.54, 1.807) is 7.11 Å². The maximum absolute atomic E-state index is 13.3. The van der Waals surface area contributed by atoms with Crippen LogP contribution in [0.1, 0.15) is 49.5 Å². The van der Waals surface area contributed by atoms with E-state index in [1.165, 1.54) is 6.42 Å². The Labute approximate surface area is 173 Å². The summed E-state index contributed by atoms with van der Waals surface area (Å²) < 4.78 is 11.5. The number of hydrogen-bond donors (Lipinski definition) is 1. The molecule has 4 heteroatoms. The molecule has 0 unspecified atom stereocenters. The molecule has 2 aromatic rings. The average Bonchev–Trinajstić information content (AvgIpc) is 2.73. The zero-order valence-electron chi connectivity index (χ0n) is 17.8. The van der Waals surface area contributed by atoms with E-state index in [9.17, 15) is 4.79 Å². The zero-order chi connectivity index (χ0) is 20.6. The Hall–Kier alpha value is -2.49. The third-order valence-electron chi connectivity index (χ3n) is 7.34. The number of carbonyl (C=O) groups excluding carboxylic acids is 1. The molecule has 4 atom stereocenters. The van der Waals surface area contributed by atoms with Crippen molar-refractivity contribution >= 4 is 5.91 Å². The first-order valence-corrected chi connectivity index (χ1v) is 10.6. The molecular weight excluding hydrogens is 362 g/mol. The lowest BCUT2D eigenvalue weighted by molar-refractivity contribution is -0.113. The maximum Gasteiger partial charge on any atom is 0.259 e. The van der Waals surface area contributed by atoms with Crippen LogP contribution in [0, 0.1) is 23.2 Å². The molecule has 1 amide bonds. The zero-order valence-corrected chi connectivity index (χ0v) is 17.8. The van der Waals surface area contributed by atoms with E-state index in [2.05, 4.69) is 26.1 Å². The molecule has 0 heterocycles. The van der Waals surface area contributed by atoms with Gasteiger partial charge in [0.15, 0.2) is 0 Å². The van der Waals surface area contributed by atoms with Crippen LogP contribution in [-0.4, -0.2) is 19.1 Å². The number of methoxy groups -OCH3 is 1. The van der Waals surface area contributed by atoms with E-state index < -0.39 is 0 Å². The van der Waals surface area contributed by atoms with Gasteiger partial charge >= 0.3 is 0 Å². The van der Waals surface area contributed by atoms with Crippen LogP contribution in [0.3, 0.4) is 0 Å². The van der Waals surface area contributed by atoms with Gasteiger partial charge in [-0.3, -0.25) is 4.79 Å². The van der Waals surface area contributed by atoms with Crippen LogP contribution in [0.25, 0.3) is 0 Å². The number of benzene rings is 2. The number of amides is 1. The summed E-state index contributed by atoms with van der Waals surface area (Å²) in [4.78, 5) is 13.3. The van der Waals surface area contributed by atoms with Crippen LogP contribution in [-0.2, 0) is 6.61 Å². The number of ether oxygens (including phenoxy) is 2. The molecular formula is C25H31NO3. The Morgan fingerprint density at radius 1 is 1.07 bits per heavy atom. The Kier molecular flexibility index (Phi) is 5.28. The molecule has 4 nitrogen and oxygen atoms in total.